The molecular formula is C25H22F2N2O2S. The van der Waals surface area contributed by atoms with Crippen molar-refractivity contribution in [2.75, 3.05) is 6.54 Å². The summed E-state index contributed by atoms with van der Waals surface area (Å²) in [6.45, 7) is 1.14. The zero-order chi connectivity index (χ0) is 22.3. The monoisotopic (exact) mass is 452 g/mol. The molecule has 0 saturated heterocycles. The molecule has 0 saturated carbocycles. The predicted octanol–water partition coefficient (Wildman–Crippen LogP) is 5.89. The van der Waals surface area contributed by atoms with Gasteiger partial charge in [0.2, 0.25) is 5.91 Å². The van der Waals surface area contributed by atoms with Gasteiger partial charge in [-0.2, -0.15) is 0 Å². The van der Waals surface area contributed by atoms with Crippen LogP contribution < -0.4 is 0 Å². The van der Waals surface area contributed by atoms with E-state index in [1.165, 1.54) is 30.0 Å². The minimum absolute atomic E-state index is 0.0163. The minimum Gasteiger partial charge on any atom is -0.441 e. The molecule has 2 aromatic heterocycles. The number of carbonyl (C=O) groups is 1. The lowest BCUT2D eigenvalue weighted by molar-refractivity contribution is -0.131. The Morgan fingerprint density at radius 2 is 1.75 bits per heavy atom. The largest absolute Gasteiger partial charge is 0.441 e. The average molecular weight is 453 g/mol. The Labute approximate surface area is 189 Å². The van der Waals surface area contributed by atoms with E-state index < -0.39 is 11.6 Å². The van der Waals surface area contributed by atoms with Crippen molar-refractivity contribution < 1.29 is 18.0 Å². The minimum atomic E-state index is -0.716. The van der Waals surface area contributed by atoms with Crippen molar-refractivity contribution in [3.63, 3.8) is 0 Å². The molecule has 0 aliphatic rings. The highest BCUT2D eigenvalue weighted by Gasteiger charge is 2.18. The molecule has 2 heterocycles. The fraction of sp³-hybridized carbons (Fsp3) is 0.200. The third kappa shape index (κ3) is 5.48. The van der Waals surface area contributed by atoms with Gasteiger partial charge in [-0.25, -0.2) is 13.8 Å². The Hall–Kier alpha value is -3.32. The molecule has 0 bridgehead atoms. The summed E-state index contributed by atoms with van der Waals surface area (Å²) in [6, 6.07) is 17.6. The lowest BCUT2D eigenvalue weighted by atomic mass is 10.1. The van der Waals surface area contributed by atoms with Crippen molar-refractivity contribution in [2.45, 2.75) is 25.8 Å². The highest BCUT2D eigenvalue weighted by molar-refractivity contribution is 7.09. The van der Waals surface area contributed by atoms with Crippen molar-refractivity contribution in [3.8, 4) is 11.3 Å². The first kappa shape index (κ1) is 21.9. The molecule has 32 heavy (non-hydrogen) atoms. The number of thiophene rings is 1. The van der Waals surface area contributed by atoms with Gasteiger partial charge < -0.3 is 9.32 Å². The summed E-state index contributed by atoms with van der Waals surface area (Å²) in [7, 11) is 0. The summed E-state index contributed by atoms with van der Waals surface area (Å²) in [5, 5.41) is 1.99. The highest BCUT2D eigenvalue weighted by Crippen LogP contribution is 2.27. The Bertz CT molecular complexity index is 1140. The lowest BCUT2D eigenvalue weighted by Gasteiger charge is -2.22. The first-order valence-corrected chi connectivity index (χ1v) is 11.2. The van der Waals surface area contributed by atoms with Gasteiger partial charge in [-0.1, -0.05) is 42.5 Å². The molecule has 0 aliphatic carbocycles. The Kier molecular flexibility index (Phi) is 7.07. The van der Waals surface area contributed by atoms with E-state index >= 15 is 0 Å². The van der Waals surface area contributed by atoms with Gasteiger partial charge in [-0.15, -0.1) is 11.3 Å². The van der Waals surface area contributed by atoms with E-state index in [1.807, 2.05) is 52.7 Å². The molecule has 2 aromatic carbocycles. The third-order valence-electron chi connectivity index (χ3n) is 5.11. The second kappa shape index (κ2) is 10.3. The molecule has 0 fully saturated rings. The molecule has 164 valence electrons. The van der Waals surface area contributed by atoms with Crippen LogP contribution >= 0.6 is 11.3 Å². The van der Waals surface area contributed by atoms with Crippen LogP contribution in [-0.2, 0) is 24.2 Å². The molecule has 0 unspecified atom stereocenters. The normalized spacial score (nSPS) is 10.9. The van der Waals surface area contributed by atoms with Gasteiger partial charge in [0.25, 0.3) is 0 Å². The van der Waals surface area contributed by atoms with Crippen LogP contribution in [0.3, 0.4) is 0 Å². The summed E-state index contributed by atoms with van der Waals surface area (Å²) in [6.07, 6.45) is 2.49. The van der Waals surface area contributed by atoms with Gasteiger partial charge in [-0.3, -0.25) is 4.79 Å². The fourth-order valence-electron chi connectivity index (χ4n) is 3.44. The molecule has 7 heteroatoms. The van der Waals surface area contributed by atoms with Gasteiger partial charge in [0.1, 0.15) is 11.6 Å². The van der Waals surface area contributed by atoms with E-state index in [-0.39, 0.29) is 36.0 Å². The second-order valence-electron chi connectivity index (χ2n) is 7.35. The van der Waals surface area contributed by atoms with Crippen molar-refractivity contribution >= 4 is 17.2 Å². The molecule has 1 amide bonds. The Morgan fingerprint density at radius 3 is 2.47 bits per heavy atom. The van der Waals surface area contributed by atoms with Crippen LogP contribution in [0.4, 0.5) is 8.78 Å². The van der Waals surface area contributed by atoms with Crippen LogP contribution in [0.25, 0.3) is 11.3 Å². The number of oxazole rings is 1. The maximum absolute atomic E-state index is 14.0. The number of halogens is 2. The number of hydrogen-bond acceptors (Lipinski definition) is 4. The second-order valence-corrected chi connectivity index (χ2v) is 8.38. The van der Waals surface area contributed by atoms with Crippen LogP contribution in [0, 0.1) is 11.6 Å². The van der Waals surface area contributed by atoms with E-state index in [1.54, 1.807) is 11.3 Å². The van der Waals surface area contributed by atoms with Crippen molar-refractivity contribution in [2.24, 2.45) is 0 Å². The fourth-order valence-corrected chi connectivity index (χ4v) is 4.16. The summed E-state index contributed by atoms with van der Waals surface area (Å²) >= 11 is 1.61. The molecule has 0 aliphatic heterocycles. The summed E-state index contributed by atoms with van der Waals surface area (Å²) < 4.78 is 33.5. The molecule has 0 N–H and O–H groups in total. The number of amides is 1. The molecule has 4 rings (SSSR count). The van der Waals surface area contributed by atoms with Crippen LogP contribution in [0.2, 0.25) is 0 Å². The number of nitrogens with zero attached hydrogens (tertiary/aromatic N) is 2. The van der Waals surface area contributed by atoms with Crippen LogP contribution in [0.5, 0.6) is 0 Å². The number of aromatic nitrogens is 1. The molecule has 0 radical (unpaired) electrons. The number of hydrogen-bond donors (Lipinski definition) is 0. The van der Waals surface area contributed by atoms with Gasteiger partial charge >= 0.3 is 0 Å². The molecule has 4 aromatic rings. The van der Waals surface area contributed by atoms with E-state index in [4.69, 9.17) is 4.42 Å². The number of aryl methyl sites for hydroxylation is 1. The first-order chi connectivity index (χ1) is 15.6. The van der Waals surface area contributed by atoms with Crippen molar-refractivity contribution in [1.82, 2.24) is 9.88 Å². The van der Waals surface area contributed by atoms with Gasteiger partial charge in [0.15, 0.2) is 11.7 Å². The first-order valence-electron chi connectivity index (χ1n) is 10.3. The van der Waals surface area contributed by atoms with Crippen molar-refractivity contribution in [1.29, 1.82) is 0 Å². The Balaban J connectivity index is 1.41. The molecular weight excluding hydrogens is 430 g/mol. The maximum Gasteiger partial charge on any atom is 0.223 e. The number of benzene rings is 2. The number of rotatable bonds is 9. The van der Waals surface area contributed by atoms with Crippen LogP contribution in [0.15, 0.2) is 76.7 Å². The zero-order valence-corrected chi connectivity index (χ0v) is 18.2. The highest BCUT2D eigenvalue weighted by atomic mass is 32.1. The molecule has 0 spiro atoms. The molecule has 0 atom stereocenters. The number of carbonyl (C=O) groups excluding carboxylic acids is 1. The summed E-state index contributed by atoms with van der Waals surface area (Å²) in [5.41, 5.74) is 0.917. The van der Waals surface area contributed by atoms with E-state index in [0.29, 0.717) is 13.1 Å². The SMILES string of the molecule is O=C(CCc1ncc(-c2c(F)cccc2F)o1)N(CCc1ccccc1)Cc1cccs1. The van der Waals surface area contributed by atoms with Gasteiger partial charge in [0, 0.05) is 24.3 Å². The third-order valence-corrected chi connectivity index (χ3v) is 5.97. The predicted molar refractivity (Wildman–Crippen MR) is 120 cm³/mol. The Morgan fingerprint density at radius 1 is 0.969 bits per heavy atom. The van der Waals surface area contributed by atoms with Crippen LogP contribution in [-0.4, -0.2) is 22.3 Å². The molecule has 4 nitrogen and oxygen atoms in total. The summed E-state index contributed by atoms with van der Waals surface area (Å²) in [5.74, 6) is -1.16. The van der Waals surface area contributed by atoms with Crippen molar-refractivity contribution in [3.05, 3.63) is 100 Å². The van der Waals surface area contributed by atoms with E-state index in [9.17, 15) is 13.6 Å². The quantitative estimate of drug-likeness (QED) is 0.318. The zero-order valence-electron chi connectivity index (χ0n) is 17.3. The smallest absolute Gasteiger partial charge is 0.223 e. The topological polar surface area (TPSA) is 46.3 Å². The van der Waals surface area contributed by atoms with E-state index in [0.717, 1.165) is 11.3 Å². The van der Waals surface area contributed by atoms with Gasteiger partial charge in [0.05, 0.1) is 18.3 Å². The average Bonchev–Trinajstić information content (AvgIpc) is 3.48. The lowest BCUT2D eigenvalue weighted by Crippen LogP contribution is -2.32. The van der Waals surface area contributed by atoms with Crippen LogP contribution in [0.1, 0.15) is 22.8 Å². The standard InChI is InChI=1S/C25H22F2N2O2S/c26-20-9-4-10-21(27)25(20)22-16-28-23(31-22)11-12-24(30)29(17-19-8-5-15-32-19)14-13-18-6-2-1-3-7-18/h1-10,15-16H,11-14,17H2. The van der Waals surface area contributed by atoms with E-state index in [2.05, 4.69) is 4.98 Å². The maximum atomic E-state index is 14.0. The summed E-state index contributed by atoms with van der Waals surface area (Å²) in [4.78, 5) is 20.0. The van der Waals surface area contributed by atoms with Gasteiger partial charge in [-0.05, 0) is 35.6 Å².